The molecule has 0 radical (unpaired) electrons. The van der Waals surface area contributed by atoms with E-state index in [1.54, 1.807) is 0 Å². The minimum Gasteiger partial charge on any atom is -0.312 e. The van der Waals surface area contributed by atoms with Gasteiger partial charge in [-0.15, -0.1) is 0 Å². The smallest absolute Gasteiger partial charge is 0.0620 e. The number of benzene rings is 7. The topological polar surface area (TPSA) is 9.86 Å². The highest BCUT2D eigenvalue weighted by Crippen LogP contribution is 2.47. The fourth-order valence-electron chi connectivity index (χ4n) is 10.5. The number of nitrogens with zero attached hydrogens (tertiary/aromatic N) is 2. The Morgan fingerprint density at radius 3 is 1.38 bits per heavy atom. The number of allylic oxidation sites excluding steroid dienone is 8. The summed E-state index contributed by atoms with van der Waals surface area (Å²) in [5.74, 6) is 0.222. The van der Waals surface area contributed by atoms with E-state index in [-0.39, 0.29) is 16.7 Å². The second kappa shape index (κ2) is 17.3. The Kier molecular flexibility index (Phi) is 11.0. The molecule has 2 aromatic heterocycles. The van der Waals surface area contributed by atoms with E-state index in [4.69, 9.17) is 0 Å². The zero-order valence-electron chi connectivity index (χ0n) is 40.3. The van der Waals surface area contributed by atoms with Crippen molar-refractivity contribution in [3.63, 3.8) is 0 Å². The Morgan fingerprint density at radius 1 is 0.412 bits per heavy atom. The number of hydrogen-bond acceptors (Lipinski definition) is 0. The van der Waals surface area contributed by atoms with E-state index in [0.29, 0.717) is 0 Å². The minimum absolute atomic E-state index is 0.0605. The first-order valence-electron chi connectivity index (χ1n) is 24.5. The van der Waals surface area contributed by atoms with Crippen LogP contribution in [0.5, 0.6) is 0 Å². The van der Waals surface area contributed by atoms with Crippen LogP contribution in [-0.2, 0) is 10.8 Å². The Morgan fingerprint density at radius 2 is 0.912 bits per heavy atom. The Balaban J connectivity index is 1.30. The highest BCUT2D eigenvalue weighted by molar-refractivity contribution is 6.17. The van der Waals surface area contributed by atoms with Gasteiger partial charge < -0.3 is 9.13 Å². The Labute approximate surface area is 403 Å². The van der Waals surface area contributed by atoms with E-state index >= 15 is 0 Å². The number of hydrogen-bond donors (Lipinski definition) is 0. The van der Waals surface area contributed by atoms with Gasteiger partial charge in [-0.25, -0.2) is 0 Å². The summed E-state index contributed by atoms with van der Waals surface area (Å²) in [5, 5.41) is 4.83. The minimum atomic E-state index is 0.0605. The van der Waals surface area contributed by atoms with Crippen LogP contribution in [0.25, 0.3) is 83.3 Å². The third-order valence-corrected chi connectivity index (χ3v) is 14.3. The van der Waals surface area contributed by atoms with Crippen LogP contribution in [0.2, 0.25) is 0 Å². The van der Waals surface area contributed by atoms with Gasteiger partial charge >= 0.3 is 0 Å². The number of rotatable bonds is 8. The van der Waals surface area contributed by atoms with Crippen molar-refractivity contribution in [2.45, 2.75) is 77.6 Å². The number of aromatic nitrogens is 2. The summed E-state index contributed by atoms with van der Waals surface area (Å²) in [5.41, 5.74) is 18.5. The van der Waals surface area contributed by atoms with Crippen LogP contribution in [-0.4, -0.2) is 9.13 Å². The summed E-state index contributed by atoms with van der Waals surface area (Å²) in [6.45, 7) is 13.7. The molecule has 68 heavy (non-hydrogen) atoms. The van der Waals surface area contributed by atoms with Crippen LogP contribution in [0.1, 0.15) is 89.2 Å². The van der Waals surface area contributed by atoms with Gasteiger partial charge in [-0.2, -0.15) is 0 Å². The summed E-state index contributed by atoms with van der Waals surface area (Å²) >= 11 is 0. The van der Waals surface area contributed by atoms with Crippen LogP contribution >= 0.6 is 0 Å². The van der Waals surface area contributed by atoms with Crippen LogP contribution in [0.4, 0.5) is 0 Å². The second-order valence-corrected chi connectivity index (χ2v) is 20.8. The van der Waals surface area contributed by atoms with E-state index in [9.17, 15) is 0 Å². The van der Waals surface area contributed by atoms with Gasteiger partial charge in [0.05, 0.1) is 28.5 Å². The van der Waals surface area contributed by atoms with Crippen molar-refractivity contribution < 1.29 is 0 Å². The van der Waals surface area contributed by atoms with Crippen molar-refractivity contribution in [3.05, 3.63) is 235 Å². The van der Waals surface area contributed by atoms with E-state index in [2.05, 4.69) is 263 Å². The Bertz CT molecular complexity index is 3390. The van der Waals surface area contributed by atoms with Gasteiger partial charge in [-0.1, -0.05) is 218 Å². The predicted octanol–water partition coefficient (Wildman–Crippen LogP) is 18.2. The molecule has 1 atom stereocenters. The SMILES string of the molecule is CC(C)(C)c1ccc(-c2ccc3c(-n4c(C5=CCCC=C5)ccc4C4C=CC=CC4)c4cc(-c5ccc(C(C)(C)C)cc5)ccc4c(-n4c(-c5ccccc5)ccc4-c4ccccc4)c3c2)cc1. The lowest BCUT2D eigenvalue weighted by Crippen LogP contribution is -2.11. The van der Waals surface area contributed by atoms with Gasteiger partial charge in [0.1, 0.15) is 0 Å². The second-order valence-electron chi connectivity index (χ2n) is 20.8. The summed E-state index contributed by atoms with van der Waals surface area (Å²) in [6.07, 6.45) is 19.3. The van der Waals surface area contributed by atoms with Crippen molar-refractivity contribution in [1.29, 1.82) is 0 Å². The summed E-state index contributed by atoms with van der Waals surface area (Å²) in [7, 11) is 0. The molecular weight excluding hydrogens is 821 g/mol. The maximum atomic E-state index is 2.64. The van der Waals surface area contributed by atoms with Crippen LogP contribution < -0.4 is 0 Å². The average Bonchev–Trinajstić information content (AvgIpc) is 4.02. The molecule has 2 aliphatic rings. The molecule has 0 fully saturated rings. The van der Waals surface area contributed by atoms with Gasteiger partial charge in [0.15, 0.2) is 0 Å². The standard InChI is InChI=1S/C66H60N2/c1-65(2,3)53-33-27-45(28-34-53)51-31-37-55-57(43-51)63(67-59(47-19-11-7-12-20-47)39-40-60(67)48-21-13-8-14-22-48)56-38-32-52(46-29-35-54(36-30-46)66(4,5)6)44-58(56)64(55)68-61(49-23-15-9-16-24-49)41-42-62(68)50-25-17-10-18-26-50/h7-9,11-17,19-23,25-44,49H,10,18,24H2,1-6H3. The normalized spacial score (nSPS) is 15.1. The van der Waals surface area contributed by atoms with Gasteiger partial charge in [0, 0.05) is 33.2 Å². The molecule has 0 N–H and O–H groups in total. The molecule has 2 nitrogen and oxygen atoms in total. The van der Waals surface area contributed by atoms with Crippen molar-refractivity contribution in [3.8, 4) is 56.1 Å². The van der Waals surface area contributed by atoms with Crippen molar-refractivity contribution in [2.24, 2.45) is 0 Å². The third kappa shape index (κ3) is 7.92. The van der Waals surface area contributed by atoms with Crippen LogP contribution in [0.15, 0.2) is 212 Å². The molecule has 0 spiro atoms. The molecule has 0 aliphatic heterocycles. The van der Waals surface area contributed by atoms with Crippen molar-refractivity contribution >= 4 is 27.1 Å². The molecule has 0 bridgehead atoms. The largest absolute Gasteiger partial charge is 0.312 e. The molecule has 11 rings (SSSR count). The molecule has 2 aliphatic carbocycles. The van der Waals surface area contributed by atoms with Gasteiger partial charge in [-0.3, -0.25) is 0 Å². The molecule has 334 valence electrons. The highest BCUT2D eigenvalue weighted by Gasteiger charge is 2.27. The summed E-state index contributed by atoms with van der Waals surface area (Å²) < 4.78 is 5.20. The maximum Gasteiger partial charge on any atom is 0.0620 e. The molecular formula is C66H60N2. The monoisotopic (exact) mass is 880 g/mol. The van der Waals surface area contributed by atoms with E-state index in [1.165, 1.54) is 94.4 Å². The zero-order chi connectivity index (χ0) is 46.6. The van der Waals surface area contributed by atoms with Crippen LogP contribution in [0.3, 0.4) is 0 Å². The summed E-state index contributed by atoms with van der Waals surface area (Å²) in [6, 6.07) is 64.3. The van der Waals surface area contributed by atoms with Crippen molar-refractivity contribution in [2.75, 3.05) is 0 Å². The van der Waals surface area contributed by atoms with E-state index in [0.717, 1.165) is 30.7 Å². The molecule has 0 saturated heterocycles. The molecule has 2 heterocycles. The van der Waals surface area contributed by atoms with Gasteiger partial charge in [0.25, 0.3) is 0 Å². The quantitative estimate of drug-likeness (QED) is 0.135. The molecule has 2 heteroatoms. The molecule has 0 amide bonds. The lowest BCUT2D eigenvalue weighted by Gasteiger charge is -2.27. The fraction of sp³-hybridized carbons (Fsp3) is 0.182. The molecule has 1 unspecified atom stereocenters. The predicted molar refractivity (Wildman–Crippen MR) is 291 cm³/mol. The zero-order valence-corrected chi connectivity index (χ0v) is 40.3. The third-order valence-electron chi connectivity index (χ3n) is 14.3. The van der Waals surface area contributed by atoms with E-state index < -0.39 is 0 Å². The highest BCUT2D eigenvalue weighted by atomic mass is 15.0. The first-order valence-corrected chi connectivity index (χ1v) is 24.5. The lowest BCUT2D eigenvalue weighted by atomic mass is 9.85. The van der Waals surface area contributed by atoms with Gasteiger partial charge in [-0.05, 0) is 117 Å². The molecule has 7 aromatic carbocycles. The number of fused-ring (bicyclic) bond motifs is 2. The van der Waals surface area contributed by atoms with E-state index in [1.807, 2.05) is 0 Å². The average molecular weight is 881 g/mol. The molecule has 0 saturated carbocycles. The maximum absolute atomic E-state index is 2.64. The summed E-state index contributed by atoms with van der Waals surface area (Å²) in [4.78, 5) is 0. The Hall–Kier alpha value is -7.42. The lowest BCUT2D eigenvalue weighted by molar-refractivity contribution is 0.590. The first kappa shape index (κ1) is 43.2. The van der Waals surface area contributed by atoms with Gasteiger partial charge in [0.2, 0.25) is 0 Å². The van der Waals surface area contributed by atoms with Crippen molar-refractivity contribution in [1.82, 2.24) is 9.13 Å². The fourth-order valence-corrected chi connectivity index (χ4v) is 10.5. The first-order chi connectivity index (χ1) is 33.0. The van der Waals surface area contributed by atoms with Crippen LogP contribution in [0, 0.1) is 0 Å². The molecule has 9 aromatic rings.